The molecule has 2 aromatic carbocycles. The molecule has 0 fully saturated rings. The first-order chi connectivity index (χ1) is 9.52. The molecule has 0 heterocycles. The Morgan fingerprint density at radius 3 is 2.20 bits per heavy atom. The second-order valence-electron chi connectivity index (χ2n) is 4.07. The number of nitrogens with one attached hydrogen (secondary N) is 2. The summed E-state index contributed by atoms with van der Waals surface area (Å²) in [5.41, 5.74) is 0.458. The van der Waals surface area contributed by atoms with Crippen LogP contribution in [0.1, 0.15) is 0 Å². The third kappa shape index (κ3) is 4.01. The molecule has 3 nitrogen and oxygen atoms in total. The van der Waals surface area contributed by atoms with Crippen molar-refractivity contribution in [3.8, 4) is 0 Å². The zero-order valence-corrected chi connectivity index (χ0v) is 10.3. The normalized spacial score (nSPS) is 10.2. The molecule has 20 heavy (non-hydrogen) atoms. The van der Waals surface area contributed by atoms with Crippen LogP contribution in [0.2, 0.25) is 0 Å². The Labute approximate surface area is 113 Å². The highest BCUT2D eigenvalue weighted by Crippen LogP contribution is 2.13. The van der Waals surface area contributed by atoms with Gasteiger partial charge in [0.1, 0.15) is 17.5 Å². The molecule has 0 aliphatic carbocycles. The van der Waals surface area contributed by atoms with Gasteiger partial charge in [-0.25, -0.2) is 13.2 Å². The smallest absolute Gasteiger partial charge is 0.243 e. The van der Waals surface area contributed by atoms with Gasteiger partial charge in [0.2, 0.25) is 5.91 Å². The highest BCUT2D eigenvalue weighted by molar-refractivity contribution is 5.93. The highest BCUT2D eigenvalue weighted by atomic mass is 19.1. The summed E-state index contributed by atoms with van der Waals surface area (Å²) in [6, 6.07) is 8.32. The minimum absolute atomic E-state index is 0.0218. The van der Waals surface area contributed by atoms with Crippen LogP contribution in [0.15, 0.2) is 42.5 Å². The van der Waals surface area contributed by atoms with Crippen molar-refractivity contribution in [1.29, 1.82) is 0 Å². The first kappa shape index (κ1) is 13.9. The van der Waals surface area contributed by atoms with Crippen molar-refractivity contribution in [2.24, 2.45) is 0 Å². The summed E-state index contributed by atoms with van der Waals surface area (Å²) in [6.07, 6.45) is 0. The van der Waals surface area contributed by atoms with Crippen LogP contribution in [0.3, 0.4) is 0 Å². The lowest BCUT2D eigenvalue weighted by molar-refractivity contribution is -0.114. The predicted molar refractivity (Wildman–Crippen MR) is 69.9 cm³/mol. The van der Waals surface area contributed by atoms with Gasteiger partial charge in [-0.15, -0.1) is 0 Å². The van der Waals surface area contributed by atoms with Crippen LogP contribution in [-0.2, 0) is 4.79 Å². The van der Waals surface area contributed by atoms with E-state index in [1.54, 1.807) is 6.07 Å². The average Bonchev–Trinajstić information content (AvgIpc) is 2.35. The number of hydrogen-bond acceptors (Lipinski definition) is 2. The third-order valence-corrected chi connectivity index (χ3v) is 2.42. The van der Waals surface area contributed by atoms with Crippen molar-refractivity contribution in [1.82, 2.24) is 0 Å². The number of rotatable bonds is 4. The van der Waals surface area contributed by atoms with E-state index >= 15 is 0 Å². The van der Waals surface area contributed by atoms with Crippen molar-refractivity contribution in [3.05, 3.63) is 59.9 Å². The summed E-state index contributed by atoms with van der Waals surface area (Å²) < 4.78 is 38.8. The fraction of sp³-hybridized carbons (Fsp3) is 0.0714. The first-order valence-electron chi connectivity index (χ1n) is 5.78. The SMILES string of the molecule is O=C(CNc1cccc(F)c1)Nc1cc(F)cc(F)c1. The molecule has 0 radical (unpaired) electrons. The van der Waals surface area contributed by atoms with Crippen LogP contribution >= 0.6 is 0 Å². The van der Waals surface area contributed by atoms with Gasteiger partial charge in [-0.1, -0.05) is 6.07 Å². The lowest BCUT2D eigenvalue weighted by atomic mass is 10.3. The second kappa shape index (κ2) is 6.10. The average molecular weight is 280 g/mol. The topological polar surface area (TPSA) is 41.1 Å². The zero-order valence-electron chi connectivity index (χ0n) is 10.3. The van der Waals surface area contributed by atoms with Gasteiger partial charge >= 0.3 is 0 Å². The molecule has 2 N–H and O–H groups in total. The van der Waals surface area contributed by atoms with E-state index in [2.05, 4.69) is 10.6 Å². The molecule has 0 aliphatic rings. The van der Waals surface area contributed by atoms with Gasteiger partial charge in [-0.05, 0) is 30.3 Å². The van der Waals surface area contributed by atoms with E-state index in [1.165, 1.54) is 18.2 Å². The number of benzene rings is 2. The summed E-state index contributed by atoms with van der Waals surface area (Å²) in [5.74, 6) is -2.49. The molecule has 2 aromatic rings. The van der Waals surface area contributed by atoms with Crippen LogP contribution < -0.4 is 10.6 Å². The van der Waals surface area contributed by atoms with Crippen molar-refractivity contribution in [2.45, 2.75) is 0 Å². The second-order valence-corrected chi connectivity index (χ2v) is 4.07. The van der Waals surface area contributed by atoms with Crippen molar-refractivity contribution in [2.75, 3.05) is 17.2 Å². The molecule has 0 saturated carbocycles. The summed E-state index contributed by atoms with van der Waals surface area (Å²) in [5, 5.41) is 5.03. The van der Waals surface area contributed by atoms with Gasteiger partial charge in [-0.2, -0.15) is 0 Å². The fourth-order valence-corrected chi connectivity index (χ4v) is 1.61. The Kier molecular flexibility index (Phi) is 4.24. The quantitative estimate of drug-likeness (QED) is 0.903. The van der Waals surface area contributed by atoms with E-state index in [9.17, 15) is 18.0 Å². The number of amides is 1. The largest absolute Gasteiger partial charge is 0.376 e. The van der Waals surface area contributed by atoms with Crippen LogP contribution in [0.4, 0.5) is 24.5 Å². The molecule has 0 saturated heterocycles. The Hall–Kier alpha value is -2.50. The Bertz CT molecular complexity index is 611. The molecule has 1 amide bonds. The Morgan fingerprint density at radius 1 is 0.900 bits per heavy atom. The van der Waals surface area contributed by atoms with Crippen LogP contribution in [0.5, 0.6) is 0 Å². The highest BCUT2D eigenvalue weighted by Gasteiger charge is 2.05. The molecule has 2 rings (SSSR count). The van der Waals surface area contributed by atoms with Crippen molar-refractivity contribution >= 4 is 17.3 Å². The standard InChI is InChI=1S/C14H11F3N2O/c15-9-2-1-3-12(5-9)18-8-14(20)19-13-6-10(16)4-11(17)7-13/h1-7,18H,8H2,(H,19,20). The Balaban J connectivity index is 1.92. The van der Waals surface area contributed by atoms with Crippen LogP contribution in [-0.4, -0.2) is 12.5 Å². The maximum absolute atomic E-state index is 12.9. The number of carbonyl (C=O) groups is 1. The van der Waals surface area contributed by atoms with E-state index < -0.39 is 23.4 Å². The van der Waals surface area contributed by atoms with Gasteiger partial charge in [0.05, 0.1) is 6.54 Å². The Morgan fingerprint density at radius 2 is 1.55 bits per heavy atom. The molecule has 0 aliphatic heterocycles. The monoisotopic (exact) mass is 280 g/mol. The van der Waals surface area contributed by atoms with Gasteiger partial charge in [-0.3, -0.25) is 4.79 Å². The third-order valence-electron chi connectivity index (χ3n) is 2.42. The van der Waals surface area contributed by atoms with Crippen molar-refractivity contribution in [3.63, 3.8) is 0 Å². The van der Waals surface area contributed by atoms with E-state index in [4.69, 9.17) is 0 Å². The molecule has 0 unspecified atom stereocenters. The molecular weight excluding hydrogens is 269 g/mol. The molecule has 0 spiro atoms. The molecule has 0 bridgehead atoms. The molecule has 0 aromatic heterocycles. The number of halogens is 3. The molecular formula is C14H11F3N2O. The minimum Gasteiger partial charge on any atom is -0.376 e. The molecule has 6 heteroatoms. The first-order valence-corrected chi connectivity index (χ1v) is 5.78. The summed E-state index contributed by atoms with van der Waals surface area (Å²) >= 11 is 0. The van der Waals surface area contributed by atoms with E-state index in [1.807, 2.05) is 0 Å². The zero-order chi connectivity index (χ0) is 14.5. The number of carbonyl (C=O) groups excluding carboxylic acids is 1. The van der Waals surface area contributed by atoms with E-state index in [0.717, 1.165) is 12.1 Å². The summed E-state index contributed by atoms with van der Waals surface area (Å²) in [4.78, 5) is 11.6. The van der Waals surface area contributed by atoms with Crippen molar-refractivity contribution < 1.29 is 18.0 Å². The number of anilines is 2. The minimum atomic E-state index is -0.779. The lowest BCUT2D eigenvalue weighted by Crippen LogP contribution is -2.21. The summed E-state index contributed by atoms with van der Waals surface area (Å²) in [6.45, 7) is -0.151. The predicted octanol–water partition coefficient (Wildman–Crippen LogP) is 3.15. The maximum atomic E-state index is 12.9. The maximum Gasteiger partial charge on any atom is 0.243 e. The molecule has 0 atom stereocenters. The van der Waals surface area contributed by atoms with E-state index in [-0.39, 0.29) is 12.2 Å². The van der Waals surface area contributed by atoms with E-state index in [0.29, 0.717) is 11.8 Å². The fourth-order valence-electron chi connectivity index (χ4n) is 1.61. The molecule has 104 valence electrons. The van der Waals surface area contributed by atoms with Gasteiger partial charge < -0.3 is 10.6 Å². The van der Waals surface area contributed by atoms with Crippen LogP contribution in [0, 0.1) is 17.5 Å². The van der Waals surface area contributed by atoms with Gasteiger partial charge in [0.25, 0.3) is 0 Å². The number of hydrogen-bond donors (Lipinski definition) is 2. The van der Waals surface area contributed by atoms with Gasteiger partial charge in [0.15, 0.2) is 0 Å². The lowest BCUT2D eigenvalue weighted by Gasteiger charge is -2.08. The van der Waals surface area contributed by atoms with Gasteiger partial charge in [0, 0.05) is 17.4 Å². The summed E-state index contributed by atoms with van der Waals surface area (Å²) in [7, 11) is 0. The van der Waals surface area contributed by atoms with Crippen LogP contribution in [0.25, 0.3) is 0 Å².